The normalized spacial score (nSPS) is 18.4. The van der Waals surface area contributed by atoms with Crippen molar-refractivity contribution in [3.63, 3.8) is 0 Å². The molecule has 4 nitrogen and oxygen atoms in total. The number of nitrogens with zero attached hydrogens (tertiary/aromatic N) is 2. The van der Waals surface area contributed by atoms with Crippen LogP contribution in [0.25, 0.3) is 0 Å². The largest absolute Gasteiger partial charge is 0.357 e. The van der Waals surface area contributed by atoms with Gasteiger partial charge in [0.1, 0.15) is 11.6 Å². The summed E-state index contributed by atoms with van der Waals surface area (Å²) in [5.41, 5.74) is 1.47. The summed E-state index contributed by atoms with van der Waals surface area (Å²) >= 11 is 0. The highest BCUT2D eigenvalue weighted by Gasteiger charge is 2.45. The van der Waals surface area contributed by atoms with Gasteiger partial charge in [0.15, 0.2) is 0 Å². The van der Waals surface area contributed by atoms with E-state index in [0.29, 0.717) is 6.54 Å². The van der Waals surface area contributed by atoms with Crippen LogP contribution in [0.1, 0.15) is 43.2 Å². The van der Waals surface area contributed by atoms with Gasteiger partial charge in [0.2, 0.25) is 5.91 Å². The fraction of sp³-hybridized carbons (Fsp3) is 0.429. The summed E-state index contributed by atoms with van der Waals surface area (Å²) in [5.74, 6) is 0.760. The summed E-state index contributed by atoms with van der Waals surface area (Å²) in [6.45, 7) is 2.60. The summed E-state index contributed by atoms with van der Waals surface area (Å²) in [6, 6.07) is 10.4. The summed E-state index contributed by atoms with van der Waals surface area (Å²) in [7, 11) is 0. The zero-order valence-corrected chi connectivity index (χ0v) is 14.9. The Labute approximate surface area is 153 Å². The van der Waals surface area contributed by atoms with E-state index in [2.05, 4.69) is 21.3 Å². The molecule has 1 saturated carbocycles. The fourth-order valence-electron chi connectivity index (χ4n) is 3.99. The van der Waals surface area contributed by atoms with E-state index in [9.17, 15) is 9.18 Å². The number of aromatic nitrogens is 1. The Morgan fingerprint density at radius 3 is 2.50 bits per heavy atom. The number of carbonyl (C=O) groups excluding carboxylic acids is 1. The molecule has 2 fully saturated rings. The van der Waals surface area contributed by atoms with Crippen LogP contribution in [0.5, 0.6) is 0 Å². The summed E-state index contributed by atoms with van der Waals surface area (Å²) < 4.78 is 13.2. The van der Waals surface area contributed by atoms with Gasteiger partial charge in [-0.3, -0.25) is 4.79 Å². The Morgan fingerprint density at radius 2 is 1.85 bits per heavy atom. The first-order chi connectivity index (χ1) is 12.7. The van der Waals surface area contributed by atoms with Crippen molar-refractivity contribution < 1.29 is 9.18 Å². The molecule has 1 aliphatic carbocycles. The molecule has 1 amide bonds. The Bertz CT molecular complexity index is 780. The molecule has 1 N–H and O–H groups in total. The highest BCUT2D eigenvalue weighted by Crippen LogP contribution is 2.44. The topological polar surface area (TPSA) is 45.2 Å². The number of hydrogen-bond donors (Lipinski definition) is 1. The van der Waals surface area contributed by atoms with Crippen LogP contribution < -0.4 is 10.2 Å². The van der Waals surface area contributed by atoms with Gasteiger partial charge in [0.05, 0.1) is 5.41 Å². The second-order valence-electron chi connectivity index (χ2n) is 7.34. The van der Waals surface area contributed by atoms with Crippen LogP contribution in [-0.4, -0.2) is 24.0 Å². The quantitative estimate of drug-likeness (QED) is 0.894. The number of nitrogens with one attached hydrogen (secondary N) is 1. The molecule has 136 valence electrons. The van der Waals surface area contributed by atoms with Gasteiger partial charge in [-0.05, 0) is 61.1 Å². The van der Waals surface area contributed by atoms with Crippen LogP contribution in [0, 0.1) is 5.82 Å². The molecule has 0 radical (unpaired) electrons. The second kappa shape index (κ2) is 7.06. The molecule has 1 aromatic heterocycles. The highest BCUT2D eigenvalue weighted by atomic mass is 19.1. The summed E-state index contributed by atoms with van der Waals surface area (Å²) in [5, 5.41) is 3.09. The van der Waals surface area contributed by atoms with Gasteiger partial charge in [-0.1, -0.05) is 18.6 Å². The van der Waals surface area contributed by atoms with Crippen LogP contribution in [-0.2, 0) is 16.8 Å². The van der Waals surface area contributed by atoms with Crippen LogP contribution in [0.3, 0.4) is 0 Å². The van der Waals surface area contributed by atoms with Gasteiger partial charge >= 0.3 is 0 Å². The first-order valence-electron chi connectivity index (χ1n) is 9.42. The van der Waals surface area contributed by atoms with E-state index in [1.165, 1.54) is 25.0 Å². The van der Waals surface area contributed by atoms with Crippen molar-refractivity contribution in [1.82, 2.24) is 10.3 Å². The summed E-state index contributed by atoms with van der Waals surface area (Å²) in [4.78, 5) is 19.7. The molecular formula is C21H24FN3O. The van der Waals surface area contributed by atoms with Crippen molar-refractivity contribution in [2.24, 2.45) is 0 Å². The first-order valence-corrected chi connectivity index (χ1v) is 9.42. The lowest BCUT2D eigenvalue weighted by Crippen LogP contribution is -2.49. The van der Waals surface area contributed by atoms with E-state index in [-0.39, 0.29) is 11.7 Å². The van der Waals surface area contributed by atoms with Crippen molar-refractivity contribution in [2.75, 3.05) is 18.0 Å². The van der Waals surface area contributed by atoms with E-state index in [4.69, 9.17) is 0 Å². The van der Waals surface area contributed by atoms with Gasteiger partial charge in [0, 0.05) is 25.8 Å². The third-order valence-electron chi connectivity index (χ3n) is 5.73. The molecule has 2 aliphatic rings. The number of carbonyl (C=O) groups is 1. The second-order valence-corrected chi connectivity index (χ2v) is 7.34. The number of benzene rings is 1. The van der Waals surface area contributed by atoms with Crippen LogP contribution in [0.4, 0.5) is 10.2 Å². The number of anilines is 1. The molecule has 1 aliphatic heterocycles. The van der Waals surface area contributed by atoms with E-state index < -0.39 is 5.41 Å². The average molecular weight is 353 g/mol. The maximum absolute atomic E-state index is 13.2. The van der Waals surface area contributed by atoms with E-state index in [1.807, 2.05) is 12.3 Å². The fourth-order valence-corrected chi connectivity index (χ4v) is 3.99. The minimum atomic E-state index is -0.501. The number of amides is 1. The lowest BCUT2D eigenvalue weighted by atomic mass is 9.64. The number of pyridine rings is 1. The lowest BCUT2D eigenvalue weighted by molar-refractivity contribution is -0.130. The Kier molecular flexibility index (Phi) is 4.62. The zero-order chi connectivity index (χ0) is 18.0. The van der Waals surface area contributed by atoms with Gasteiger partial charge in [-0.15, -0.1) is 0 Å². The third kappa shape index (κ3) is 3.18. The summed E-state index contributed by atoms with van der Waals surface area (Å²) in [6.07, 6.45) is 6.90. The van der Waals surface area contributed by atoms with Gasteiger partial charge in [0.25, 0.3) is 0 Å². The van der Waals surface area contributed by atoms with Crippen molar-refractivity contribution >= 4 is 11.7 Å². The molecule has 0 atom stereocenters. The van der Waals surface area contributed by atoms with Crippen LogP contribution in [0.15, 0.2) is 42.6 Å². The molecular weight excluding hydrogens is 329 g/mol. The molecule has 2 aromatic rings. The van der Waals surface area contributed by atoms with Gasteiger partial charge in [-0.25, -0.2) is 9.37 Å². The third-order valence-corrected chi connectivity index (χ3v) is 5.73. The van der Waals surface area contributed by atoms with E-state index in [1.54, 1.807) is 12.1 Å². The molecule has 0 bridgehead atoms. The maximum Gasteiger partial charge on any atom is 0.230 e. The molecule has 2 heterocycles. The average Bonchev–Trinajstić information content (AvgIpc) is 3.16. The van der Waals surface area contributed by atoms with Crippen LogP contribution in [0.2, 0.25) is 0 Å². The predicted molar refractivity (Wildman–Crippen MR) is 99.5 cm³/mol. The minimum Gasteiger partial charge on any atom is -0.357 e. The molecule has 0 unspecified atom stereocenters. The molecule has 5 heteroatoms. The maximum atomic E-state index is 13.2. The predicted octanol–water partition coefficient (Wildman–Crippen LogP) is 3.56. The van der Waals surface area contributed by atoms with Crippen molar-refractivity contribution in [3.8, 4) is 0 Å². The standard InChI is InChI=1S/C21H24FN3O/c22-18-6-4-17(5-7-18)21(9-3-10-21)20(26)24-15-16-8-11-23-19(14-16)25-12-1-2-13-25/h4-8,11,14H,1-3,9-10,12-13,15H2,(H,24,26). The SMILES string of the molecule is O=C(NCc1ccnc(N2CCCC2)c1)C1(c2ccc(F)cc2)CCC1. The highest BCUT2D eigenvalue weighted by molar-refractivity contribution is 5.89. The zero-order valence-electron chi connectivity index (χ0n) is 14.9. The molecule has 4 rings (SSSR count). The Hall–Kier alpha value is -2.43. The molecule has 1 aromatic carbocycles. The first kappa shape index (κ1) is 17.0. The number of hydrogen-bond acceptors (Lipinski definition) is 3. The van der Waals surface area contributed by atoms with Crippen molar-refractivity contribution in [2.45, 2.75) is 44.1 Å². The molecule has 0 spiro atoms. The molecule has 1 saturated heterocycles. The van der Waals surface area contributed by atoms with E-state index in [0.717, 1.165) is 49.3 Å². The minimum absolute atomic E-state index is 0.0369. The smallest absolute Gasteiger partial charge is 0.230 e. The van der Waals surface area contributed by atoms with E-state index >= 15 is 0 Å². The Balaban J connectivity index is 1.44. The lowest BCUT2D eigenvalue weighted by Gasteiger charge is -2.40. The molecule has 26 heavy (non-hydrogen) atoms. The van der Waals surface area contributed by atoms with Gasteiger partial charge in [-0.2, -0.15) is 0 Å². The van der Waals surface area contributed by atoms with Crippen LogP contribution >= 0.6 is 0 Å². The Morgan fingerprint density at radius 1 is 1.12 bits per heavy atom. The monoisotopic (exact) mass is 353 g/mol. The van der Waals surface area contributed by atoms with Gasteiger partial charge < -0.3 is 10.2 Å². The van der Waals surface area contributed by atoms with Crippen molar-refractivity contribution in [3.05, 3.63) is 59.5 Å². The number of rotatable bonds is 5. The number of halogens is 1. The van der Waals surface area contributed by atoms with Crippen molar-refractivity contribution in [1.29, 1.82) is 0 Å².